The first-order valence-corrected chi connectivity index (χ1v) is 5.67. The quantitative estimate of drug-likeness (QED) is 0.671. The van der Waals surface area contributed by atoms with Crippen LogP contribution in [0.5, 0.6) is 0 Å². The Morgan fingerprint density at radius 1 is 1.22 bits per heavy atom. The lowest BCUT2D eigenvalue weighted by Crippen LogP contribution is -2.19. The van der Waals surface area contributed by atoms with Crippen molar-refractivity contribution in [1.29, 1.82) is 0 Å². The van der Waals surface area contributed by atoms with E-state index in [0.29, 0.717) is 17.7 Å². The number of para-hydroxylation sites is 1. The zero-order chi connectivity index (χ0) is 12.5. The van der Waals surface area contributed by atoms with Gasteiger partial charge in [0.2, 0.25) is 0 Å². The first-order chi connectivity index (χ1) is 8.81. The van der Waals surface area contributed by atoms with Gasteiger partial charge in [0.1, 0.15) is 6.33 Å². The van der Waals surface area contributed by atoms with Gasteiger partial charge in [-0.1, -0.05) is 23.4 Å². The van der Waals surface area contributed by atoms with Crippen LogP contribution in [0.1, 0.15) is 6.92 Å². The van der Waals surface area contributed by atoms with Gasteiger partial charge in [-0.25, -0.2) is 4.98 Å². The van der Waals surface area contributed by atoms with E-state index in [1.807, 2.05) is 37.3 Å². The average molecular weight is 241 g/mol. The van der Waals surface area contributed by atoms with E-state index in [-0.39, 0.29) is 5.56 Å². The molecule has 0 saturated heterocycles. The number of nitrogens with zero attached hydrogens (tertiary/aromatic N) is 5. The standard InChI is InChI=1S/C12H11N5O/c1-2-16-8-13-11-10(12(16)18)14-15-17(11)9-6-4-3-5-7-9/h3-8H,2H2,1H3. The van der Waals surface area contributed by atoms with Crippen LogP contribution in [0, 0.1) is 0 Å². The lowest BCUT2D eigenvalue weighted by molar-refractivity contribution is 0.715. The highest BCUT2D eigenvalue weighted by Gasteiger charge is 2.11. The summed E-state index contributed by atoms with van der Waals surface area (Å²) < 4.78 is 3.07. The summed E-state index contributed by atoms with van der Waals surface area (Å²) in [7, 11) is 0. The fraction of sp³-hybridized carbons (Fsp3) is 0.167. The molecule has 2 aromatic heterocycles. The van der Waals surface area contributed by atoms with Crippen LogP contribution in [0.2, 0.25) is 0 Å². The predicted molar refractivity (Wildman–Crippen MR) is 66.6 cm³/mol. The Morgan fingerprint density at radius 2 is 2.00 bits per heavy atom. The van der Waals surface area contributed by atoms with Gasteiger partial charge in [0, 0.05) is 6.54 Å². The van der Waals surface area contributed by atoms with Gasteiger partial charge in [-0.2, -0.15) is 4.68 Å². The number of hydrogen-bond donors (Lipinski definition) is 0. The summed E-state index contributed by atoms with van der Waals surface area (Å²) in [5, 5.41) is 7.91. The van der Waals surface area contributed by atoms with Gasteiger partial charge in [0.05, 0.1) is 5.69 Å². The number of fused-ring (bicyclic) bond motifs is 1. The van der Waals surface area contributed by atoms with Crippen molar-refractivity contribution in [3.63, 3.8) is 0 Å². The van der Waals surface area contributed by atoms with Crippen LogP contribution in [0.3, 0.4) is 0 Å². The van der Waals surface area contributed by atoms with Crippen molar-refractivity contribution in [2.45, 2.75) is 13.5 Å². The van der Waals surface area contributed by atoms with E-state index < -0.39 is 0 Å². The van der Waals surface area contributed by atoms with Crippen LogP contribution in [0.25, 0.3) is 16.9 Å². The van der Waals surface area contributed by atoms with Gasteiger partial charge in [-0.05, 0) is 19.1 Å². The smallest absolute Gasteiger partial charge is 0.283 e. The second kappa shape index (κ2) is 4.06. The molecule has 0 atom stereocenters. The topological polar surface area (TPSA) is 65.6 Å². The van der Waals surface area contributed by atoms with Crippen LogP contribution in [0.15, 0.2) is 41.5 Å². The molecule has 0 N–H and O–H groups in total. The second-order valence-electron chi connectivity index (χ2n) is 3.84. The molecule has 0 saturated carbocycles. The van der Waals surface area contributed by atoms with Crippen molar-refractivity contribution >= 4 is 11.2 Å². The minimum absolute atomic E-state index is 0.162. The van der Waals surface area contributed by atoms with Crippen LogP contribution in [0.4, 0.5) is 0 Å². The molecule has 0 spiro atoms. The first-order valence-electron chi connectivity index (χ1n) is 5.67. The summed E-state index contributed by atoms with van der Waals surface area (Å²) in [4.78, 5) is 16.3. The third-order valence-electron chi connectivity index (χ3n) is 2.77. The van der Waals surface area contributed by atoms with E-state index in [2.05, 4.69) is 15.3 Å². The molecule has 2 heterocycles. The number of benzene rings is 1. The molecule has 3 aromatic rings. The van der Waals surface area contributed by atoms with E-state index in [4.69, 9.17) is 0 Å². The van der Waals surface area contributed by atoms with E-state index in [9.17, 15) is 4.79 Å². The number of rotatable bonds is 2. The normalized spacial score (nSPS) is 10.9. The minimum Gasteiger partial charge on any atom is -0.297 e. The zero-order valence-corrected chi connectivity index (χ0v) is 9.82. The van der Waals surface area contributed by atoms with Crippen molar-refractivity contribution in [3.8, 4) is 5.69 Å². The molecule has 90 valence electrons. The maximum atomic E-state index is 12.0. The molecule has 6 nitrogen and oxygen atoms in total. The van der Waals surface area contributed by atoms with Crippen molar-refractivity contribution in [2.75, 3.05) is 0 Å². The van der Waals surface area contributed by atoms with Gasteiger partial charge in [0.25, 0.3) is 5.56 Å². The molecular formula is C12H11N5O. The molecule has 0 bridgehead atoms. The highest BCUT2D eigenvalue weighted by Crippen LogP contribution is 2.10. The van der Waals surface area contributed by atoms with Gasteiger partial charge in [-0.15, -0.1) is 5.10 Å². The van der Waals surface area contributed by atoms with Crippen LogP contribution in [-0.2, 0) is 6.54 Å². The molecule has 0 fully saturated rings. The summed E-state index contributed by atoms with van der Waals surface area (Å²) in [5.74, 6) is 0. The molecule has 0 aliphatic carbocycles. The third-order valence-corrected chi connectivity index (χ3v) is 2.77. The summed E-state index contributed by atoms with van der Waals surface area (Å²) in [6.45, 7) is 2.45. The van der Waals surface area contributed by atoms with Gasteiger partial charge >= 0.3 is 0 Å². The van der Waals surface area contributed by atoms with E-state index >= 15 is 0 Å². The zero-order valence-electron chi connectivity index (χ0n) is 9.82. The molecule has 1 aromatic carbocycles. The molecule has 3 rings (SSSR count). The van der Waals surface area contributed by atoms with E-state index in [0.717, 1.165) is 5.69 Å². The summed E-state index contributed by atoms with van der Waals surface area (Å²) in [6.07, 6.45) is 1.52. The molecule has 6 heteroatoms. The maximum absolute atomic E-state index is 12.0. The van der Waals surface area contributed by atoms with Crippen molar-refractivity contribution in [3.05, 3.63) is 47.0 Å². The Kier molecular flexibility index (Phi) is 2.40. The first kappa shape index (κ1) is 10.6. The fourth-order valence-corrected chi connectivity index (χ4v) is 1.81. The Balaban J connectivity index is 2.29. The van der Waals surface area contributed by atoms with E-state index in [1.54, 1.807) is 4.68 Å². The molecule has 0 aliphatic heterocycles. The number of aryl methyl sites for hydroxylation is 1. The highest BCUT2D eigenvalue weighted by atomic mass is 16.1. The Labute approximate surface area is 103 Å². The average Bonchev–Trinajstić information content (AvgIpc) is 2.85. The molecule has 0 unspecified atom stereocenters. The van der Waals surface area contributed by atoms with Crippen LogP contribution < -0.4 is 5.56 Å². The van der Waals surface area contributed by atoms with E-state index in [1.165, 1.54) is 10.9 Å². The molecule has 0 amide bonds. The summed E-state index contributed by atoms with van der Waals surface area (Å²) >= 11 is 0. The van der Waals surface area contributed by atoms with Crippen LogP contribution in [-0.4, -0.2) is 24.5 Å². The largest absolute Gasteiger partial charge is 0.297 e. The van der Waals surface area contributed by atoms with Gasteiger partial charge in [-0.3, -0.25) is 9.36 Å². The molecular weight excluding hydrogens is 230 g/mol. The summed E-state index contributed by atoms with van der Waals surface area (Å²) in [6, 6.07) is 9.49. The predicted octanol–water partition coefficient (Wildman–Crippen LogP) is 0.997. The Morgan fingerprint density at radius 3 is 2.72 bits per heavy atom. The molecule has 0 aliphatic rings. The highest BCUT2D eigenvalue weighted by molar-refractivity contribution is 5.70. The fourth-order valence-electron chi connectivity index (χ4n) is 1.81. The van der Waals surface area contributed by atoms with Crippen molar-refractivity contribution in [2.24, 2.45) is 0 Å². The van der Waals surface area contributed by atoms with Crippen molar-refractivity contribution in [1.82, 2.24) is 24.5 Å². The van der Waals surface area contributed by atoms with Gasteiger partial charge in [0.15, 0.2) is 11.2 Å². The Hall–Kier alpha value is -2.50. The monoisotopic (exact) mass is 241 g/mol. The lowest BCUT2D eigenvalue weighted by Gasteiger charge is -2.02. The van der Waals surface area contributed by atoms with Gasteiger partial charge < -0.3 is 0 Å². The van der Waals surface area contributed by atoms with Crippen molar-refractivity contribution < 1.29 is 0 Å². The molecule has 0 radical (unpaired) electrons. The summed E-state index contributed by atoms with van der Waals surface area (Å²) in [5.41, 5.74) is 1.45. The third kappa shape index (κ3) is 1.50. The Bertz CT molecular complexity index is 744. The maximum Gasteiger partial charge on any atom is 0.283 e. The number of hydrogen-bond acceptors (Lipinski definition) is 4. The minimum atomic E-state index is -0.162. The number of aromatic nitrogens is 5. The van der Waals surface area contributed by atoms with Crippen LogP contribution >= 0.6 is 0 Å². The molecule has 18 heavy (non-hydrogen) atoms. The second-order valence-corrected chi connectivity index (χ2v) is 3.84. The lowest BCUT2D eigenvalue weighted by atomic mass is 10.3. The SMILES string of the molecule is CCn1cnc2c(nnn2-c2ccccc2)c1=O.